The molecule has 0 aromatic heterocycles. The molecule has 140 valence electrons. The zero-order valence-corrected chi connectivity index (χ0v) is 14.9. The maximum atomic E-state index is 12.3. The van der Waals surface area contributed by atoms with Crippen LogP contribution in [-0.2, 0) is 10.0 Å². The van der Waals surface area contributed by atoms with E-state index in [2.05, 4.69) is 14.8 Å². The summed E-state index contributed by atoms with van der Waals surface area (Å²) in [5, 5.41) is 2.74. The number of hydrogen-bond acceptors (Lipinski definition) is 4. The Labute approximate surface area is 150 Å². The fraction of sp³-hybridized carbons (Fsp3) is 0.235. The van der Waals surface area contributed by atoms with Crippen LogP contribution in [-0.4, -0.2) is 27.2 Å². The molecule has 1 amide bonds. The fourth-order valence-corrected chi connectivity index (χ4v) is 2.79. The summed E-state index contributed by atoms with van der Waals surface area (Å²) in [6.07, 6.45) is 1.05. The van der Waals surface area contributed by atoms with E-state index in [0.717, 1.165) is 11.8 Å². The lowest BCUT2D eigenvalue weighted by Gasteiger charge is -2.15. The van der Waals surface area contributed by atoms with Crippen molar-refractivity contribution in [3.8, 4) is 5.75 Å². The molecule has 0 heterocycles. The zero-order chi connectivity index (χ0) is 19.3. The Bertz CT molecular complexity index is 871. The van der Waals surface area contributed by atoms with Crippen LogP contribution in [0, 0.1) is 0 Å². The summed E-state index contributed by atoms with van der Waals surface area (Å²) in [6.45, 7) is -1.22. The predicted molar refractivity (Wildman–Crippen MR) is 93.9 cm³/mol. The summed E-state index contributed by atoms with van der Waals surface area (Å²) < 4.78 is 53.5. The number of carbonyl (C=O) groups excluding carboxylic acids is 1. The average Bonchev–Trinajstić information content (AvgIpc) is 2.53. The van der Waals surface area contributed by atoms with E-state index in [4.69, 9.17) is 0 Å². The summed E-state index contributed by atoms with van der Waals surface area (Å²) in [5.74, 6) is -0.549. The summed E-state index contributed by atoms with van der Waals surface area (Å²) >= 11 is 0. The van der Waals surface area contributed by atoms with Gasteiger partial charge in [0, 0.05) is 11.3 Å². The van der Waals surface area contributed by atoms with Crippen LogP contribution in [0.15, 0.2) is 48.5 Å². The molecule has 0 saturated heterocycles. The molecule has 2 aromatic carbocycles. The maximum Gasteiger partial charge on any atom is 0.387 e. The second-order valence-electron chi connectivity index (χ2n) is 5.60. The van der Waals surface area contributed by atoms with E-state index in [0.29, 0.717) is 5.69 Å². The Morgan fingerprint density at radius 1 is 1.12 bits per heavy atom. The van der Waals surface area contributed by atoms with Crippen molar-refractivity contribution in [2.75, 3.05) is 11.0 Å². The minimum Gasteiger partial charge on any atom is -0.435 e. The van der Waals surface area contributed by atoms with Gasteiger partial charge in [-0.2, -0.15) is 8.78 Å². The monoisotopic (exact) mass is 384 g/mol. The Kier molecular flexibility index (Phi) is 6.14. The highest BCUT2D eigenvalue weighted by Crippen LogP contribution is 2.19. The van der Waals surface area contributed by atoms with Crippen LogP contribution in [0.3, 0.4) is 0 Å². The lowest BCUT2D eigenvalue weighted by atomic mass is 10.1. The van der Waals surface area contributed by atoms with E-state index in [1.165, 1.54) is 24.3 Å². The molecule has 0 spiro atoms. The Hall–Kier alpha value is -2.68. The first-order chi connectivity index (χ1) is 12.1. The summed E-state index contributed by atoms with van der Waals surface area (Å²) in [7, 11) is -3.36. The van der Waals surface area contributed by atoms with Gasteiger partial charge < -0.3 is 10.1 Å². The van der Waals surface area contributed by atoms with Crippen molar-refractivity contribution in [2.45, 2.75) is 19.6 Å². The van der Waals surface area contributed by atoms with Gasteiger partial charge in [-0.25, -0.2) is 8.42 Å². The van der Waals surface area contributed by atoms with Crippen molar-refractivity contribution in [1.29, 1.82) is 0 Å². The van der Waals surface area contributed by atoms with Crippen LogP contribution < -0.4 is 14.8 Å². The van der Waals surface area contributed by atoms with Crippen LogP contribution in [0.5, 0.6) is 5.75 Å². The second-order valence-corrected chi connectivity index (χ2v) is 7.35. The number of benzene rings is 2. The van der Waals surface area contributed by atoms with Gasteiger partial charge in [-0.3, -0.25) is 9.52 Å². The van der Waals surface area contributed by atoms with E-state index >= 15 is 0 Å². The molecule has 0 fully saturated rings. The second kappa shape index (κ2) is 8.13. The standard InChI is InChI=1S/C17H18F2N2O4S/c1-11(12-6-8-14(9-7-12)21-26(2,23)24)20-16(22)13-4-3-5-15(10-13)25-17(18)19/h3-11,17,21H,1-2H3,(H,20,22)/t11-/m0/s1. The molecule has 1 atom stereocenters. The number of carbonyl (C=O) groups is 1. The van der Waals surface area contributed by atoms with E-state index in [9.17, 15) is 22.0 Å². The third kappa shape index (κ3) is 5.99. The van der Waals surface area contributed by atoms with Gasteiger partial charge in [0.1, 0.15) is 5.75 Å². The largest absolute Gasteiger partial charge is 0.435 e. The van der Waals surface area contributed by atoms with Gasteiger partial charge in [-0.05, 0) is 42.8 Å². The highest BCUT2D eigenvalue weighted by atomic mass is 32.2. The first-order valence-corrected chi connectivity index (χ1v) is 9.46. The molecule has 0 saturated carbocycles. The van der Waals surface area contributed by atoms with Crippen molar-refractivity contribution in [3.63, 3.8) is 0 Å². The van der Waals surface area contributed by atoms with E-state index in [1.807, 2.05) is 0 Å². The van der Waals surface area contributed by atoms with Crippen molar-refractivity contribution in [3.05, 3.63) is 59.7 Å². The smallest absolute Gasteiger partial charge is 0.387 e. The number of hydrogen-bond donors (Lipinski definition) is 2. The normalized spacial score (nSPS) is 12.5. The average molecular weight is 384 g/mol. The summed E-state index contributed by atoms with van der Waals surface area (Å²) in [5.41, 5.74) is 1.34. The van der Waals surface area contributed by atoms with Gasteiger partial charge in [0.05, 0.1) is 12.3 Å². The number of ether oxygens (including phenoxy) is 1. The summed E-state index contributed by atoms with van der Waals surface area (Å²) in [4.78, 5) is 12.3. The SMILES string of the molecule is C[C@H](NC(=O)c1cccc(OC(F)F)c1)c1ccc(NS(C)(=O)=O)cc1. The van der Waals surface area contributed by atoms with Crippen molar-refractivity contribution < 1.29 is 26.7 Å². The Morgan fingerprint density at radius 3 is 2.35 bits per heavy atom. The van der Waals surface area contributed by atoms with Gasteiger partial charge in [0.2, 0.25) is 10.0 Å². The third-order valence-corrected chi connectivity index (χ3v) is 3.99. The number of sulfonamides is 1. The lowest BCUT2D eigenvalue weighted by molar-refractivity contribution is -0.0498. The number of rotatable bonds is 7. The van der Waals surface area contributed by atoms with E-state index in [-0.39, 0.29) is 17.4 Å². The minimum atomic E-state index is -3.36. The molecule has 2 aromatic rings. The van der Waals surface area contributed by atoms with Gasteiger partial charge >= 0.3 is 6.61 Å². The molecular weight excluding hydrogens is 366 g/mol. The third-order valence-electron chi connectivity index (χ3n) is 3.38. The molecule has 0 bridgehead atoms. The fourth-order valence-electron chi connectivity index (χ4n) is 2.23. The molecule has 0 unspecified atom stereocenters. The van der Waals surface area contributed by atoms with Crippen molar-refractivity contribution in [2.24, 2.45) is 0 Å². The van der Waals surface area contributed by atoms with Gasteiger partial charge in [-0.15, -0.1) is 0 Å². The molecule has 6 nitrogen and oxygen atoms in total. The van der Waals surface area contributed by atoms with E-state index in [1.54, 1.807) is 31.2 Å². The maximum absolute atomic E-state index is 12.3. The number of anilines is 1. The molecular formula is C17H18F2N2O4S. The molecule has 0 aliphatic rings. The molecule has 2 N–H and O–H groups in total. The minimum absolute atomic E-state index is 0.100. The van der Waals surface area contributed by atoms with Crippen LogP contribution in [0.2, 0.25) is 0 Å². The number of nitrogens with one attached hydrogen (secondary N) is 2. The van der Waals surface area contributed by atoms with Crippen molar-refractivity contribution >= 4 is 21.6 Å². The number of amides is 1. The highest BCUT2D eigenvalue weighted by Gasteiger charge is 2.13. The van der Waals surface area contributed by atoms with Crippen molar-refractivity contribution in [1.82, 2.24) is 5.32 Å². The first kappa shape index (κ1) is 19.6. The van der Waals surface area contributed by atoms with E-state index < -0.39 is 22.5 Å². The van der Waals surface area contributed by atoms with Crippen LogP contribution in [0.1, 0.15) is 28.9 Å². The van der Waals surface area contributed by atoms with Crippen LogP contribution in [0.4, 0.5) is 14.5 Å². The number of halogens is 2. The van der Waals surface area contributed by atoms with Gasteiger partial charge in [-0.1, -0.05) is 18.2 Å². The van der Waals surface area contributed by atoms with Gasteiger partial charge in [0.25, 0.3) is 5.91 Å². The Balaban J connectivity index is 2.05. The topological polar surface area (TPSA) is 84.5 Å². The molecule has 0 aliphatic heterocycles. The molecule has 0 aliphatic carbocycles. The quantitative estimate of drug-likeness (QED) is 0.768. The highest BCUT2D eigenvalue weighted by molar-refractivity contribution is 7.92. The molecule has 0 radical (unpaired) electrons. The molecule has 26 heavy (non-hydrogen) atoms. The summed E-state index contributed by atoms with van der Waals surface area (Å²) in [6, 6.07) is 11.6. The van der Waals surface area contributed by atoms with Crippen LogP contribution in [0.25, 0.3) is 0 Å². The first-order valence-electron chi connectivity index (χ1n) is 7.57. The van der Waals surface area contributed by atoms with Gasteiger partial charge in [0.15, 0.2) is 0 Å². The Morgan fingerprint density at radius 2 is 1.77 bits per heavy atom. The molecule has 2 rings (SSSR count). The number of alkyl halides is 2. The van der Waals surface area contributed by atoms with Crippen LogP contribution >= 0.6 is 0 Å². The zero-order valence-electron chi connectivity index (χ0n) is 14.1. The molecule has 9 heteroatoms. The predicted octanol–water partition coefficient (Wildman–Crippen LogP) is 3.15. The lowest BCUT2D eigenvalue weighted by Crippen LogP contribution is -2.26.